The van der Waals surface area contributed by atoms with E-state index < -0.39 is 0 Å². The van der Waals surface area contributed by atoms with E-state index in [2.05, 4.69) is 20.7 Å². The molecule has 23 heavy (non-hydrogen) atoms. The van der Waals surface area contributed by atoms with Crippen molar-refractivity contribution in [2.24, 2.45) is 4.99 Å². The largest absolute Gasteiger partial charge is 0.356 e. The third-order valence-corrected chi connectivity index (χ3v) is 3.63. The van der Waals surface area contributed by atoms with Crippen molar-refractivity contribution in [3.05, 3.63) is 52.8 Å². The molecule has 2 rings (SSSR count). The summed E-state index contributed by atoms with van der Waals surface area (Å²) in [6.45, 7) is 4.39. The minimum atomic E-state index is 0. The van der Waals surface area contributed by atoms with E-state index in [1.165, 1.54) is 5.56 Å². The van der Waals surface area contributed by atoms with Gasteiger partial charge in [0.25, 0.3) is 0 Å². The number of benzene rings is 1. The van der Waals surface area contributed by atoms with Gasteiger partial charge in [-0.1, -0.05) is 29.8 Å². The second-order valence-electron chi connectivity index (χ2n) is 5.05. The summed E-state index contributed by atoms with van der Waals surface area (Å²) in [5, 5.41) is 11.6. The van der Waals surface area contributed by atoms with Crippen molar-refractivity contribution in [2.75, 3.05) is 20.1 Å². The molecule has 0 bridgehead atoms. The van der Waals surface area contributed by atoms with Gasteiger partial charge in [-0.2, -0.15) is 5.10 Å². The Hall–Kier alpha value is -1.28. The van der Waals surface area contributed by atoms with Gasteiger partial charge in [0.15, 0.2) is 5.96 Å². The van der Waals surface area contributed by atoms with Gasteiger partial charge >= 0.3 is 0 Å². The van der Waals surface area contributed by atoms with Gasteiger partial charge in [-0.3, -0.25) is 9.67 Å². The number of nitrogens with one attached hydrogen (secondary N) is 2. The Morgan fingerprint density at radius 3 is 2.65 bits per heavy atom. The second kappa shape index (κ2) is 10.5. The number of guanidine groups is 1. The van der Waals surface area contributed by atoms with E-state index in [9.17, 15) is 0 Å². The van der Waals surface area contributed by atoms with Crippen LogP contribution in [0.2, 0.25) is 5.02 Å². The maximum absolute atomic E-state index is 6.14. The average Bonchev–Trinajstić information content (AvgIpc) is 2.93. The van der Waals surface area contributed by atoms with Gasteiger partial charge in [-0.25, -0.2) is 0 Å². The zero-order chi connectivity index (χ0) is 15.8. The molecular formula is C16H23ClIN5. The van der Waals surface area contributed by atoms with E-state index in [0.29, 0.717) is 0 Å². The second-order valence-corrected chi connectivity index (χ2v) is 5.46. The van der Waals surface area contributed by atoms with Crippen LogP contribution in [0, 0.1) is 6.92 Å². The fourth-order valence-electron chi connectivity index (χ4n) is 2.12. The van der Waals surface area contributed by atoms with E-state index in [-0.39, 0.29) is 24.0 Å². The Labute approximate surface area is 159 Å². The van der Waals surface area contributed by atoms with Crippen molar-refractivity contribution < 1.29 is 0 Å². The minimum absolute atomic E-state index is 0. The molecule has 0 saturated carbocycles. The predicted octanol–water partition coefficient (Wildman–Crippen LogP) is 2.87. The summed E-state index contributed by atoms with van der Waals surface area (Å²) in [6, 6.07) is 7.90. The van der Waals surface area contributed by atoms with Crippen molar-refractivity contribution in [3.63, 3.8) is 0 Å². The number of rotatable bonds is 6. The molecule has 1 aromatic heterocycles. The van der Waals surface area contributed by atoms with E-state index in [4.69, 9.17) is 11.6 Å². The number of halogens is 2. The third kappa shape index (κ3) is 6.78. The molecule has 7 heteroatoms. The third-order valence-electron chi connectivity index (χ3n) is 3.26. The molecule has 0 unspecified atom stereocenters. The zero-order valence-electron chi connectivity index (χ0n) is 13.4. The van der Waals surface area contributed by atoms with Crippen molar-refractivity contribution in [1.82, 2.24) is 20.4 Å². The first-order chi connectivity index (χ1) is 10.7. The van der Waals surface area contributed by atoms with Crippen LogP contribution in [0.3, 0.4) is 0 Å². The lowest BCUT2D eigenvalue weighted by molar-refractivity contribution is 0.597. The quantitative estimate of drug-likeness (QED) is 0.407. The van der Waals surface area contributed by atoms with E-state index in [1.54, 1.807) is 7.05 Å². The Morgan fingerprint density at radius 1 is 1.26 bits per heavy atom. The van der Waals surface area contributed by atoms with Gasteiger partial charge in [-0.05, 0) is 30.5 Å². The number of nitrogens with zero attached hydrogens (tertiary/aromatic N) is 3. The smallest absolute Gasteiger partial charge is 0.191 e. The van der Waals surface area contributed by atoms with Crippen molar-refractivity contribution in [3.8, 4) is 0 Å². The normalized spacial score (nSPS) is 11.0. The van der Waals surface area contributed by atoms with Crippen molar-refractivity contribution in [1.29, 1.82) is 0 Å². The Balaban J connectivity index is 0.00000264. The number of hydrogen-bond acceptors (Lipinski definition) is 2. The van der Waals surface area contributed by atoms with E-state index in [0.717, 1.165) is 42.6 Å². The summed E-state index contributed by atoms with van der Waals surface area (Å²) in [4.78, 5) is 4.21. The molecule has 1 heterocycles. The van der Waals surface area contributed by atoms with Crippen molar-refractivity contribution >= 4 is 41.5 Å². The lowest BCUT2D eigenvalue weighted by Crippen LogP contribution is -2.39. The molecule has 0 amide bonds. The number of aliphatic imine (C=N–C) groups is 1. The van der Waals surface area contributed by atoms with Crippen LogP contribution in [-0.2, 0) is 13.0 Å². The van der Waals surface area contributed by atoms with Crippen LogP contribution in [0.15, 0.2) is 41.7 Å². The average molecular weight is 448 g/mol. The first-order valence-corrected chi connectivity index (χ1v) is 7.74. The highest BCUT2D eigenvalue weighted by atomic mass is 127. The highest BCUT2D eigenvalue weighted by Crippen LogP contribution is 2.14. The molecule has 0 atom stereocenters. The predicted molar refractivity (Wildman–Crippen MR) is 107 cm³/mol. The SMILES string of the molecule is CN=C(NCCc1ccccc1Cl)NCCn1cc(C)cn1.I. The van der Waals surface area contributed by atoms with Crippen LogP contribution >= 0.6 is 35.6 Å². The molecule has 0 fully saturated rings. The van der Waals surface area contributed by atoms with Crippen LogP contribution in [0.5, 0.6) is 0 Å². The van der Waals surface area contributed by atoms with E-state index in [1.807, 2.05) is 48.3 Å². The topological polar surface area (TPSA) is 54.2 Å². The Kier molecular flexibility index (Phi) is 9.01. The standard InChI is InChI=1S/C16H22ClN5.HI/c1-13-11-21-22(12-13)10-9-20-16(18-2)19-8-7-14-5-3-4-6-15(14)17;/h3-6,11-12H,7-10H2,1-2H3,(H2,18,19,20);1H. The van der Waals surface area contributed by atoms with Gasteiger partial charge in [-0.15, -0.1) is 24.0 Å². The molecule has 1 aromatic carbocycles. The molecule has 0 saturated heterocycles. The van der Waals surface area contributed by atoms with Crippen LogP contribution in [0.25, 0.3) is 0 Å². The van der Waals surface area contributed by atoms with Gasteiger partial charge < -0.3 is 10.6 Å². The van der Waals surface area contributed by atoms with Crippen LogP contribution in [0.4, 0.5) is 0 Å². The van der Waals surface area contributed by atoms with Gasteiger partial charge in [0.2, 0.25) is 0 Å². The van der Waals surface area contributed by atoms with Gasteiger partial charge in [0.05, 0.1) is 12.7 Å². The lowest BCUT2D eigenvalue weighted by Gasteiger charge is -2.12. The molecule has 126 valence electrons. The number of aromatic nitrogens is 2. The maximum atomic E-state index is 6.14. The maximum Gasteiger partial charge on any atom is 0.191 e. The summed E-state index contributed by atoms with van der Waals surface area (Å²) in [7, 11) is 1.77. The van der Waals surface area contributed by atoms with E-state index >= 15 is 0 Å². The molecule has 2 aromatic rings. The van der Waals surface area contributed by atoms with Crippen LogP contribution < -0.4 is 10.6 Å². The minimum Gasteiger partial charge on any atom is -0.356 e. The van der Waals surface area contributed by atoms with Gasteiger partial charge in [0, 0.05) is 31.4 Å². The highest BCUT2D eigenvalue weighted by Gasteiger charge is 2.01. The Morgan fingerprint density at radius 2 is 2.00 bits per heavy atom. The van der Waals surface area contributed by atoms with Crippen LogP contribution in [0.1, 0.15) is 11.1 Å². The lowest BCUT2D eigenvalue weighted by atomic mass is 10.1. The fraction of sp³-hybridized carbons (Fsp3) is 0.375. The molecule has 0 radical (unpaired) electrons. The Bertz CT molecular complexity index is 626. The molecule has 0 aliphatic carbocycles. The van der Waals surface area contributed by atoms with Gasteiger partial charge in [0.1, 0.15) is 0 Å². The summed E-state index contributed by atoms with van der Waals surface area (Å²) in [5.74, 6) is 0.788. The molecule has 0 spiro atoms. The number of hydrogen-bond donors (Lipinski definition) is 2. The fourth-order valence-corrected chi connectivity index (χ4v) is 2.35. The monoisotopic (exact) mass is 447 g/mol. The summed E-state index contributed by atoms with van der Waals surface area (Å²) < 4.78 is 1.92. The molecule has 0 aliphatic rings. The molecule has 0 aliphatic heterocycles. The first-order valence-electron chi connectivity index (χ1n) is 7.36. The zero-order valence-corrected chi connectivity index (χ0v) is 16.5. The summed E-state index contributed by atoms with van der Waals surface area (Å²) in [6.07, 6.45) is 4.74. The summed E-state index contributed by atoms with van der Waals surface area (Å²) in [5.41, 5.74) is 2.31. The van der Waals surface area contributed by atoms with Crippen molar-refractivity contribution in [2.45, 2.75) is 19.9 Å². The van der Waals surface area contributed by atoms with Crippen LogP contribution in [-0.4, -0.2) is 35.9 Å². The first kappa shape index (κ1) is 19.8. The molecule has 2 N–H and O–H groups in total. The summed E-state index contributed by atoms with van der Waals surface area (Å²) >= 11 is 6.14. The molecular weight excluding hydrogens is 425 g/mol. The highest BCUT2D eigenvalue weighted by molar-refractivity contribution is 14.0. The number of aryl methyl sites for hydroxylation is 1. The molecule has 5 nitrogen and oxygen atoms in total.